The Balaban J connectivity index is 1.66. The van der Waals surface area contributed by atoms with Crippen LogP contribution in [0.15, 0.2) is 65.3 Å². The molecule has 6 nitrogen and oxygen atoms in total. The molecule has 157 valence electrons. The molecule has 2 aromatic carbocycles. The predicted octanol–water partition coefficient (Wildman–Crippen LogP) is 5.55. The van der Waals surface area contributed by atoms with E-state index in [1.165, 1.54) is 6.33 Å². The van der Waals surface area contributed by atoms with Gasteiger partial charge in [-0.05, 0) is 30.5 Å². The van der Waals surface area contributed by atoms with Crippen molar-refractivity contribution in [3.63, 3.8) is 0 Å². The van der Waals surface area contributed by atoms with Crippen LogP contribution >= 0.6 is 0 Å². The third-order valence-corrected chi connectivity index (χ3v) is 6.10. The highest BCUT2D eigenvalue weighted by molar-refractivity contribution is 6.03. The van der Waals surface area contributed by atoms with Gasteiger partial charge in [0, 0.05) is 16.5 Å². The number of nitrogens with zero attached hydrogens (tertiary/aromatic N) is 2. The molecular formula is C25H23N2O4. The molecule has 4 aromatic rings. The van der Waals surface area contributed by atoms with Gasteiger partial charge in [-0.3, -0.25) is 0 Å². The lowest BCUT2D eigenvalue weighted by Gasteiger charge is -2.38. The van der Waals surface area contributed by atoms with Crippen molar-refractivity contribution in [3.8, 4) is 34.1 Å². The average Bonchev–Trinajstić information content (AvgIpc) is 3.20. The van der Waals surface area contributed by atoms with E-state index in [0.29, 0.717) is 29.3 Å². The quantitative estimate of drug-likeness (QED) is 0.396. The van der Waals surface area contributed by atoms with E-state index in [0.717, 1.165) is 41.7 Å². The van der Waals surface area contributed by atoms with Crippen LogP contribution in [0, 0.1) is 5.41 Å². The van der Waals surface area contributed by atoms with E-state index in [-0.39, 0.29) is 12.0 Å². The van der Waals surface area contributed by atoms with Gasteiger partial charge < -0.3 is 13.9 Å². The number of furan rings is 1. The second-order valence-corrected chi connectivity index (χ2v) is 8.05. The molecule has 0 aliphatic heterocycles. The Kier molecular flexibility index (Phi) is 5.08. The van der Waals surface area contributed by atoms with Crippen molar-refractivity contribution in [2.75, 3.05) is 20.3 Å². The van der Waals surface area contributed by atoms with Gasteiger partial charge in [0.1, 0.15) is 23.2 Å². The van der Waals surface area contributed by atoms with Crippen molar-refractivity contribution >= 4 is 11.1 Å². The monoisotopic (exact) mass is 415 g/mol. The van der Waals surface area contributed by atoms with E-state index in [4.69, 9.17) is 13.9 Å². The van der Waals surface area contributed by atoms with Gasteiger partial charge in [0.15, 0.2) is 0 Å². The molecule has 0 atom stereocenters. The maximum atomic E-state index is 11.7. The highest BCUT2D eigenvalue weighted by Gasteiger charge is 2.38. The van der Waals surface area contributed by atoms with Gasteiger partial charge >= 0.3 is 0 Å². The highest BCUT2D eigenvalue weighted by Crippen LogP contribution is 2.45. The predicted molar refractivity (Wildman–Crippen MR) is 117 cm³/mol. The number of benzene rings is 2. The Bertz CT molecular complexity index is 1180. The summed E-state index contributed by atoms with van der Waals surface area (Å²) < 4.78 is 17.7. The number of rotatable bonds is 7. The minimum atomic E-state index is -0.288. The Morgan fingerprint density at radius 2 is 1.77 bits per heavy atom. The Labute approximate surface area is 180 Å². The number of ether oxygens (including phenoxy) is 2. The SMILES string of the molecule is COc1ccc(-c2c(-c3ccccc3)oc3ncnc(OCC4(C[O])CCC4)c23)cc1. The molecule has 1 saturated carbocycles. The smallest absolute Gasteiger partial charge is 0.234 e. The largest absolute Gasteiger partial charge is 0.497 e. The summed E-state index contributed by atoms with van der Waals surface area (Å²) in [4.78, 5) is 8.77. The molecule has 2 heterocycles. The van der Waals surface area contributed by atoms with Crippen LogP contribution in [0.1, 0.15) is 19.3 Å². The van der Waals surface area contributed by atoms with Crippen LogP contribution in [0.2, 0.25) is 0 Å². The van der Waals surface area contributed by atoms with Gasteiger partial charge in [-0.15, -0.1) is 0 Å². The molecule has 1 fully saturated rings. The van der Waals surface area contributed by atoms with Crippen LogP contribution in [-0.2, 0) is 5.11 Å². The molecule has 0 spiro atoms. The first-order valence-corrected chi connectivity index (χ1v) is 10.4. The lowest BCUT2D eigenvalue weighted by Crippen LogP contribution is -2.38. The zero-order valence-electron chi connectivity index (χ0n) is 17.3. The van der Waals surface area contributed by atoms with Gasteiger partial charge in [-0.25, -0.2) is 15.1 Å². The normalized spacial score (nSPS) is 14.9. The lowest BCUT2D eigenvalue weighted by atomic mass is 9.70. The second kappa shape index (κ2) is 8.04. The molecule has 1 radical (unpaired) electrons. The topological polar surface area (TPSA) is 77.3 Å². The van der Waals surface area contributed by atoms with E-state index in [1.807, 2.05) is 54.6 Å². The van der Waals surface area contributed by atoms with Crippen molar-refractivity contribution in [3.05, 3.63) is 60.9 Å². The number of hydrogen-bond donors (Lipinski definition) is 0. The molecule has 2 aromatic heterocycles. The number of aromatic nitrogens is 2. The van der Waals surface area contributed by atoms with Crippen LogP contribution in [-0.4, -0.2) is 30.3 Å². The summed E-state index contributed by atoms with van der Waals surface area (Å²) in [6, 6.07) is 17.7. The van der Waals surface area contributed by atoms with Crippen LogP contribution in [0.5, 0.6) is 11.6 Å². The molecule has 5 rings (SSSR count). The fourth-order valence-electron chi connectivity index (χ4n) is 4.07. The molecule has 1 aliphatic rings. The van der Waals surface area contributed by atoms with Crippen molar-refractivity contribution in [1.82, 2.24) is 9.97 Å². The Morgan fingerprint density at radius 1 is 1.00 bits per heavy atom. The third kappa shape index (κ3) is 3.53. The van der Waals surface area contributed by atoms with Crippen molar-refractivity contribution in [2.24, 2.45) is 5.41 Å². The summed E-state index contributed by atoms with van der Waals surface area (Å²) in [5, 5.41) is 12.4. The Morgan fingerprint density at radius 3 is 2.42 bits per heavy atom. The summed E-state index contributed by atoms with van der Waals surface area (Å²) in [7, 11) is 1.64. The summed E-state index contributed by atoms with van der Waals surface area (Å²) in [5.74, 6) is 1.92. The maximum absolute atomic E-state index is 11.7. The molecule has 0 saturated heterocycles. The van der Waals surface area contributed by atoms with Crippen LogP contribution < -0.4 is 9.47 Å². The summed E-state index contributed by atoms with van der Waals surface area (Å²) in [6.07, 6.45) is 4.32. The van der Waals surface area contributed by atoms with Crippen LogP contribution in [0.4, 0.5) is 0 Å². The standard InChI is InChI=1S/C25H23N2O4/c1-29-19-10-8-17(9-11-19)20-21-23(30-15-25(14-28)12-5-13-25)26-16-27-24(21)31-22(20)18-6-3-2-4-7-18/h2-4,6-11,16H,5,12-15H2,1H3. The number of fused-ring (bicyclic) bond motifs is 1. The van der Waals surface area contributed by atoms with Gasteiger partial charge in [-0.1, -0.05) is 48.9 Å². The molecule has 1 aliphatic carbocycles. The lowest BCUT2D eigenvalue weighted by molar-refractivity contribution is -0.0280. The number of hydrogen-bond acceptors (Lipinski definition) is 5. The summed E-state index contributed by atoms with van der Waals surface area (Å²) in [5.41, 5.74) is 2.92. The summed E-state index contributed by atoms with van der Waals surface area (Å²) >= 11 is 0. The van der Waals surface area contributed by atoms with Crippen molar-refractivity contribution in [2.45, 2.75) is 19.3 Å². The van der Waals surface area contributed by atoms with Crippen molar-refractivity contribution < 1.29 is 19.0 Å². The minimum absolute atomic E-state index is 0.132. The van der Waals surface area contributed by atoms with Crippen molar-refractivity contribution in [1.29, 1.82) is 0 Å². The first kappa shape index (κ1) is 19.6. The maximum Gasteiger partial charge on any atom is 0.234 e. The van der Waals surface area contributed by atoms with Gasteiger partial charge in [-0.2, -0.15) is 0 Å². The van der Waals surface area contributed by atoms with E-state index in [9.17, 15) is 5.11 Å². The molecule has 6 heteroatoms. The third-order valence-electron chi connectivity index (χ3n) is 6.10. The van der Waals surface area contributed by atoms with E-state index < -0.39 is 0 Å². The first-order valence-electron chi connectivity index (χ1n) is 10.4. The molecule has 0 unspecified atom stereocenters. The minimum Gasteiger partial charge on any atom is -0.497 e. The van der Waals surface area contributed by atoms with Crippen LogP contribution in [0.25, 0.3) is 33.6 Å². The fourth-order valence-corrected chi connectivity index (χ4v) is 4.07. The average molecular weight is 415 g/mol. The summed E-state index contributed by atoms with van der Waals surface area (Å²) in [6.45, 7) is 0.226. The van der Waals surface area contributed by atoms with Gasteiger partial charge in [0.05, 0.1) is 20.3 Å². The first-order chi connectivity index (χ1) is 15.2. The fraction of sp³-hybridized carbons (Fsp3) is 0.280. The molecule has 0 bridgehead atoms. The van der Waals surface area contributed by atoms with Crippen LogP contribution in [0.3, 0.4) is 0 Å². The molecule has 0 amide bonds. The Hall–Kier alpha value is -3.38. The zero-order valence-corrected chi connectivity index (χ0v) is 17.3. The highest BCUT2D eigenvalue weighted by atomic mass is 16.5. The number of methoxy groups -OCH3 is 1. The molecular weight excluding hydrogens is 392 g/mol. The van der Waals surface area contributed by atoms with E-state index in [1.54, 1.807) is 7.11 Å². The molecule has 0 N–H and O–H groups in total. The van der Waals surface area contributed by atoms with Gasteiger partial charge in [0.2, 0.25) is 11.6 Å². The zero-order chi connectivity index (χ0) is 21.3. The second-order valence-electron chi connectivity index (χ2n) is 8.05. The molecule has 31 heavy (non-hydrogen) atoms. The van der Waals surface area contributed by atoms with E-state index >= 15 is 0 Å². The van der Waals surface area contributed by atoms with Gasteiger partial charge in [0.25, 0.3) is 0 Å². The van der Waals surface area contributed by atoms with E-state index in [2.05, 4.69) is 9.97 Å².